The first-order chi connectivity index (χ1) is 8.13. The number of halogens is 1. The predicted octanol–water partition coefficient (Wildman–Crippen LogP) is 4.78. The summed E-state index contributed by atoms with van der Waals surface area (Å²) in [6.45, 7) is 7.26. The van der Waals surface area contributed by atoms with Crippen LogP contribution >= 0.6 is 34.3 Å². The zero-order valence-corrected chi connectivity index (χ0v) is 12.6. The Morgan fingerprint density at radius 2 is 2.12 bits per heavy atom. The third-order valence-electron chi connectivity index (χ3n) is 2.64. The summed E-state index contributed by atoms with van der Waals surface area (Å²) in [5.74, 6) is 0. The van der Waals surface area contributed by atoms with Crippen molar-refractivity contribution in [1.29, 1.82) is 0 Å². The average Bonchev–Trinajstić information content (AvgIpc) is 2.85. The molecular weight excluding hydrogens is 270 g/mol. The molecule has 0 amide bonds. The Morgan fingerprint density at radius 1 is 1.35 bits per heavy atom. The van der Waals surface area contributed by atoms with Gasteiger partial charge in [0.2, 0.25) is 0 Å². The summed E-state index contributed by atoms with van der Waals surface area (Å²) in [5.41, 5.74) is 1.17. The van der Waals surface area contributed by atoms with Crippen molar-refractivity contribution >= 4 is 34.3 Å². The Kier molecular flexibility index (Phi) is 4.26. The maximum Gasteiger partial charge on any atom is 0.0780 e. The Balaban J connectivity index is 2.38. The lowest BCUT2D eigenvalue weighted by atomic mass is 10.2. The van der Waals surface area contributed by atoms with Gasteiger partial charge in [0, 0.05) is 14.6 Å². The van der Waals surface area contributed by atoms with E-state index in [4.69, 9.17) is 11.6 Å². The molecule has 1 N–H and O–H groups in total. The largest absolute Gasteiger partial charge is 0.305 e. The topological polar surface area (TPSA) is 12.0 Å². The van der Waals surface area contributed by atoms with Crippen molar-refractivity contribution in [3.05, 3.63) is 42.7 Å². The van der Waals surface area contributed by atoms with E-state index in [1.54, 1.807) is 11.3 Å². The van der Waals surface area contributed by atoms with E-state index in [9.17, 15) is 0 Å². The molecular formula is C13H16ClNS2. The van der Waals surface area contributed by atoms with Crippen LogP contribution in [0.25, 0.3) is 0 Å². The minimum atomic E-state index is 0.241. The summed E-state index contributed by atoms with van der Waals surface area (Å²) in [6.07, 6.45) is 0. The molecule has 0 saturated carbocycles. The van der Waals surface area contributed by atoms with Gasteiger partial charge in [0.05, 0.1) is 11.1 Å². The second-order valence-corrected chi connectivity index (χ2v) is 6.64. The minimum absolute atomic E-state index is 0.241. The lowest BCUT2D eigenvalue weighted by Crippen LogP contribution is -2.20. The van der Waals surface area contributed by atoms with E-state index in [1.165, 1.54) is 20.2 Å². The molecule has 1 nitrogen and oxygen atoms in total. The fourth-order valence-electron chi connectivity index (χ4n) is 1.78. The first kappa shape index (κ1) is 13.1. The van der Waals surface area contributed by atoms with Crippen LogP contribution in [-0.2, 0) is 0 Å². The summed E-state index contributed by atoms with van der Waals surface area (Å²) in [4.78, 5) is 3.91. The number of hydrogen-bond acceptors (Lipinski definition) is 3. The second kappa shape index (κ2) is 5.53. The highest BCUT2D eigenvalue weighted by molar-refractivity contribution is 7.13. The predicted molar refractivity (Wildman–Crippen MR) is 78.6 cm³/mol. The van der Waals surface area contributed by atoms with Crippen molar-refractivity contribution < 1.29 is 0 Å². The number of thiophene rings is 2. The molecule has 1 atom stereocenters. The molecule has 0 fully saturated rings. The van der Waals surface area contributed by atoms with E-state index in [0.29, 0.717) is 0 Å². The maximum atomic E-state index is 6.37. The normalized spacial score (nSPS) is 12.9. The van der Waals surface area contributed by atoms with E-state index >= 15 is 0 Å². The molecule has 0 aliphatic heterocycles. The number of rotatable bonds is 4. The molecule has 2 rings (SSSR count). The third-order valence-corrected chi connectivity index (χ3v) is 5.49. The lowest BCUT2D eigenvalue weighted by Gasteiger charge is -2.15. The Labute approximate surface area is 115 Å². The molecule has 1 unspecified atom stereocenters. The first-order valence-corrected chi connectivity index (χ1v) is 7.74. The van der Waals surface area contributed by atoms with E-state index in [2.05, 4.69) is 43.6 Å². The van der Waals surface area contributed by atoms with Gasteiger partial charge in [-0.05, 0) is 43.5 Å². The highest BCUT2D eigenvalue weighted by Gasteiger charge is 2.20. The first-order valence-electron chi connectivity index (χ1n) is 5.66. The minimum Gasteiger partial charge on any atom is -0.305 e. The number of aryl methyl sites for hydroxylation is 2. The highest BCUT2D eigenvalue weighted by Crippen LogP contribution is 2.37. The van der Waals surface area contributed by atoms with E-state index in [0.717, 1.165) is 11.6 Å². The molecule has 4 heteroatoms. The summed E-state index contributed by atoms with van der Waals surface area (Å²) in [5, 5.41) is 6.56. The van der Waals surface area contributed by atoms with Crippen molar-refractivity contribution in [2.75, 3.05) is 6.54 Å². The van der Waals surface area contributed by atoms with Crippen molar-refractivity contribution in [2.24, 2.45) is 0 Å². The summed E-state index contributed by atoms with van der Waals surface area (Å²) < 4.78 is 0. The Hall–Kier alpha value is -0.350. The van der Waals surface area contributed by atoms with Crippen LogP contribution in [0.5, 0.6) is 0 Å². The molecule has 2 aromatic rings. The molecule has 0 radical (unpaired) electrons. The van der Waals surface area contributed by atoms with Crippen molar-refractivity contribution in [3.8, 4) is 0 Å². The van der Waals surface area contributed by atoms with Crippen molar-refractivity contribution in [3.63, 3.8) is 0 Å². The van der Waals surface area contributed by atoms with Crippen LogP contribution in [0.4, 0.5) is 0 Å². The van der Waals surface area contributed by atoms with Gasteiger partial charge in [0.25, 0.3) is 0 Å². The van der Waals surface area contributed by atoms with Crippen LogP contribution in [0.2, 0.25) is 5.02 Å². The molecule has 0 spiro atoms. The average molecular weight is 286 g/mol. The molecule has 0 saturated heterocycles. The van der Waals surface area contributed by atoms with Crippen LogP contribution in [0.1, 0.15) is 33.2 Å². The molecule has 0 bridgehead atoms. The highest BCUT2D eigenvalue weighted by atomic mass is 35.5. The smallest absolute Gasteiger partial charge is 0.0780 e. The molecule has 0 aliphatic rings. The standard InChI is InChI=1S/C13H16ClNS2/c1-4-15-12(10-6-5-9(3)17-10)13-11(14)8(2)7-16-13/h5-7,12,15H,4H2,1-3H3. The molecule has 92 valence electrons. The van der Waals surface area contributed by atoms with Crippen LogP contribution in [0.3, 0.4) is 0 Å². The van der Waals surface area contributed by atoms with Gasteiger partial charge in [0.1, 0.15) is 0 Å². The molecule has 0 aromatic carbocycles. The van der Waals surface area contributed by atoms with Gasteiger partial charge >= 0.3 is 0 Å². The lowest BCUT2D eigenvalue weighted by molar-refractivity contribution is 0.649. The van der Waals surface area contributed by atoms with Gasteiger partial charge < -0.3 is 5.32 Å². The van der Waals surface area contributed by atoms with E-state index in [-0.39, 0.29) is 6.04 Å². The summed E-state index contributed by atoms with van der Waals surface area (Å²) >= 11 is 9.95. The van der Waals surface area contributed by atoms with Crippen LogP contribution < -0.4 is 5.32 Å². The second-order valence-electron chi connectivity index (χ2n) is 4.04. The molecule has 0 aliphatic carbocycles. The fraction of sp³-hybridized carbons (Fsp3) is 0.385. The van der Waals surface area contributed by atoms with Crippen molar-refractivity contribution in [1.82, 2.24) is 5.32 Å². The summed E-state index contributed by atoms with van der Waals surface area (Å²) in [6, 6.07) is 4.60. The number of nitrogens with one attached hydrogen (secondary N) is 1. The van der Waals surface area contributed by atoms with Gasteiger partial charge in [-0.15, -0.1) is 22.7 Å². The quantitative estimate of drug-likeness (QED) is 0.852. The fourth-order valence-corrected chi connectivity index (χ4v) is 4.21. The maximum absolute atomic E-state index is 6.37. The SMILES string of the molecule is CCNC(c1ccc(C)s1)c1scc(C)c1Cl. The Bertz CT molecular complexity index is 501. The van der Waals surface area contributed by atoms with Crippen LogP contribution in [0.15, 0.2) is 17.5 Å². The zero-order valence-electron chi connectivity index (χ0n) is 10.2. The van der Waals surface area contributed by atoms with E-state index < -0.39 is 0 Å². The zero-order chi connectivity index (χ0) is 12.4. The van der Waals surface area contributed by atoms with Gasteiger partial charge in [-0.1, -0.05) is 18.5 Å². The molecule has 2 heterocycles. The monoisotopic (exact) mass is 285 g/mol. The van der Waals surface area contributed by atoms with Crippen LogP contribution in [0, 0.1) is 13.8 Å². The van der Waals surface area contributed by atoms with Crippen molar-refractivity contribution in [2.45, 2.75) is 26.8 Å². The molecule has 17 heavy (non-hydrogen) atoms. The summed E-state index contributed by atoms with van der Waals surface area (Å²) in [7, 11) is 0. The van der Waals surface area contributed by atoms with Gasteiger partial charge in [0.15, 0.2) is 0 Å². The molecule has 2 aromatic heterocycles. The third kappa shape index (κ3) is 2.74. The van der Waals surface area contributed by atoms with E-state index in [1.807, 2.05) is 11.3 Å². The van der Waals surface area contributed by atoms with Gasteiger partial charge in [-0.3, -0.25) is 0 Å². The van der Waals surface area contributed by atoms with Gasteiger partial charge in [-0.25, -0.2) is 0 Å². The van der Waals surface area contributed by atoms with Crippen LogP contribution in [-0.4, -0.2) is 6.54 Å². The Morgan fingerprint density at radius 3 is 2.59 bits per heavy atom. The number of hydrogen-bond donors (Lipinski definition) is 1. The van der Waals surface area contributed by atoms with Gasteiger partial charge in [-0.2, -0.15) is 0 Å².